The molecule has 0 bridgehead atoms. The van der Waals surface area contributed by atoms with Crippen LogP contribution in [-0.2, 0) is 42.9 Å². The van der Waals surface area contributed by atoms with E-state index in [1.165, 1.54) is 32.8 Å². The Morgan fingerprint density at radius 2 is 1.82 bits per heavy atom. The number of fused-ring (bicyclic) bond motifs is 2. The molecule has 1 atom stereocenters. The molecule has 2 N–H and O–H groups in total. The van der Waals surface area contributed by atoms with Crippen LogP contribution in [0.25, 0.3) is 0 Å². The van der Waals surface area contributed by atoms with Crippen molar-refractivity contribution in [2.45, 2.75) is 70.9 Å². The highest BCUT2D eigenvalue weighted by atomic mass is 32.2. The number of carbonyl (C=O) groups excluding carboxylic acids is 1. The van der Waals surface area contributed by atoms with E-state index in [1.807, 2.05) is 0 Å². The first kappa shape index (κ1) is 23.2. The lowest BCUT2D eigenvalue weighted by atomic mass is 9.99. The third kappa shape index (κ3) is 4.29. The van der Waals surface area contributed by atoms with Gasteiger partial charge in [-0.25, -0.2) is 13.8 Å². The number of nitrogens with one attached hydrogen (secondary N) is 2. The van der Waals surface area contributed by atoms with E-state index in [4.69, 9.17) is 0 Å². The number of hydrogen-bond acceptors (Lipinski definition) is 5. The molecule has 5 rings (SSSR count). The molecule has 2 aliphatic carbocycles. The normalized spacial score (nSPS) is 19.9. The molecule has 2 amide bonds. The van der Waals surface area contributed by atoms with Crippen LogP contribution in [-0.4, -0.2) is 54.3 Å². The average Bonchev–Trinajstić information content (AvgIpc) is 3.54. The first-order valence-corrected chi connectivity index (χ1v) is 13.7. The van der Waals surface area contributed by atoms with Crippen LogP contribution in [0.15, 0.2) is 18.5 Å². The van der Waals surface area contributed by atoms with Crippen LogP contribution in [0.1, 0.15) is 55.4 Å². The van der Waals surface area contributed by atoms with E-state index in [9.17, 15) is 13.2 Å². The number of likely N-dealkylation sites (tertiary alicyclic amines) is 1. The number of aromatic nitrogens is 2. The zero-order valence-electron chi connectivity index (χ0n) is 20.2. The Labute approximate surface area is 201 Å². The SMILES string of the molecule is CC(C)N1CCC(N(c2cnn(C)c2)S(=O)(=O)NC(=O)Nc2c3c(cc4c2CCC4)CCC3)C1. The predicted octanol–water partition coefficient (Wildman–Crippen LogP) is 2.75. The lowest BCUT2D eigenvalue weighted by Crippen LogP contribution is -2.50. The first-order chi connectivity index (χ1) is 16.2. The summed E-state index contributed by atoms with van der Waals surface area (Å²) >= 11 is 0. The van der Waals surface area contributed by atoms with Gasteiger partial charge in [0.05, 0.1) is 17.9 Å². The number of carbonyl (C=O) groups is 1. The molecule has 2 heterocycles. The molecule has 1 aliphatic heterocycles. The summed E-state index contributed by atoms with van der Waals surface area (Å²) in [5, 5.41) is 7.11. The summed E-state index contributed by atoms with van der Waals surface area (Å²) in [5.74, 6) is 0. The molecule has 2 aromatic rings. The van der Waals surface area contributed by atoms with E-state index in [0.29, 0.717) is 24.7 Å². The van der Waals surface area contributed by atoms with E-state index >= 15 is 0 Å². The Hall–Kier alpha value is -2.59. The number of urea groups is 1. The van der Waals surface area contributed by atoms with E-state index in [0.717, 1.165) is 50.8 Å². The molecule has 3 aliphatic rings. The second-order valence-electron chi connectivity index (χ2n) is 9.99. The minimum absolute atomic E-state index is 0.276. The second-order valence-corrected chi connectivity index (χ2v) is 11.5. The first-order valence-electron chi connectivity index (χ1n) is 12.3. The van der Waals surface area contributed by atoms with Crippen LogP contribution >= 0.6 is 0 Å². The maximum atomic E-state index is 13.6. The molecule has 0 saturated carbocycles. The van der Waals surface area contributed by atoms with E-state index in [-0.39, 0.29) is 6.04 Å². The fourth-order valence-electron chi connectivity index (χ4n) is 5.77. The van der Waals surface area contributed by atoms with Gasteiger partial charge < -0.3 is 5.32 Å². The topological polar surface area (TPSA) is 99.6 Å². The van der Waals surface area contributed by atoms with E-state index in [1.54, 1.807) is 17.9 Å². The molecule has 184 valence electrons. The minimum atomic E-state index is -4.15. The van der Waals surface area contributed by atoms with Crippen LogP contribution in [0.4, 0.5) is 16.2 Å². The quantitative estimate of drug-likeness (QED) is 0.654. The van der Waals surface area contributed by atoms with Crippen molar-refractivity contribution >= 4 is 27.6 Å². The van der Waals surface area contributed by atoms with Gasteiger partial charge in [-0.3, -0.25) is 9.58 Å². The molecule has 1 aromatic heterocycles. The Kier molecular flexibility index (Phi) is 6.05. The Morgan fingerprint density at radius 3 is 2.38 bits per heavy atom. The van der Waals surface area contributed by atoms with Crippen LogP contribution in [0.2, 0.25) is 0 Å². The molecule has 1 saturated heterocycles. The number of amides is 2. The molecule has 34 heavy (non-hydrogen) atoms. The summed E-state index contributed by atoms with van der Waals surface area (Å²) in [4.78, 5) is 15.3. The van der Waals surface area contributed by atoms with Crippen molar-refractivity contribution in [2.24, 2.45) is 7.05 Å². The zero-order valence-corrected chi connectivity index (χ0v) is 21.0. The Bertz CT molecular complexity index is 1170. The smallest absolute Gasteiger partial charge is 0.307 e. The van der Waals surface area contributed by atoms with E-state index < -0.39 is 16.2 Å². The zero-order chi connectivity index (χ0) is 24.0. The highest BCUT2D eigenvalue weighted by Crippen LogP contribution is 2.38. The fourth-order valence-corrected chi connectivity index (χ4v) is 7.09. The molecule has 9 nitrogen and oxygen atoms in total. The van der Waals surface area contributed by atoms with Crippen LogP contribution in [0, 0.1) is 0 Å². The molecule has 1 unspecified atom stereocenters. The van der Waals surface area contributed by atoms with Gasteiger partial charge in [0.1, 0.15) is 0 Å². The maximum absolute atomic E-state index is 13.6. The minimum Gasteiger partial charge on any atom is -0.307 e. The van der Waals surface area contributed by atoms with Crippen molar-refractivity contribution in [3.63, 3.8) is 0 Å². The molecule has 0 radical (unpaired) electrons. The van der Waals surface area contributed by atoms with Gasteiger partial charge in [-0.05, 0) is 81.0 Å². The van der Waals surface area contributed by atoms with Crippen molar-refractivity contribution in [1.82, 2.24) is 19.4 Å². The van der Waals surface area contributed by atoms with Gasteiger partial charge in [0.15, 0.2) is 0 Å². The maximum Gasteiger partial charge on any atom is 0.334 e. The molecule has 0 spiro atoms. The fraction of sp³-hybridized carbons (Fsp3) is 0.583. The standard InChI is InChI=1S/C24H34N6O3S/c1-16(2)29-11-10-19(15-29)30(20-13-25-28(3)14-20)34(32,33)27-24(31)26-23-21-8-4-6-17(21)12-18-7-5-9-22(18)23/h12-14,16,19H,4-11,15H2,1-3H3,(H2,26,27,31). The van der Waals surface area contributed by atoms with Gasteiger partial charge in [-0.15, -0.1) is 0 Å². The number of anilines is 2. The molecular weight excluding hydrogens is 452 g/mol. The lowest BCUT2D eigenvalue weighted by Gasteiger charge is -2.29. The van der Waals surface area contributed by atoms with Crippen molar-refractivity contribution in [3.05, 3.63) is 40.7 Å². The van der Waals surface area contributed by atoms with Gasteiger partial charge in [0, 0.05) is 38.1 Å². The number of hydrogen-bond donors (Lipinski definition) is 2. The summed E-state index contributed by atoms with van der Waals surface area (Å²) in [7, 11) is -2.40. The molecule has 1 aromatic carbocycles. The van der Waals surface area contributed by atoms with Crippen LogP contribution in [0.5, 0.6) is 0 Å². The van der Waals surface area contributed by atoms with Gasteiger partial charge in [-0.2, -0.15) is 13.5 Å². The van der Waals surface area contributed by atoms with Crippen LogP contribution < -0.4 is 14.3 Å². The van der Waals surface area contributed by atoms with Crippen molar-refractivity contribution in [1.29, 1.82) is 0 Å². The summed E-state index contributed by atoms with van der Waals surface area (Å²) in [5.41, 5.74) is 6.20. The summed E-state index contributed by atoms with van der Waals surface area (Å²) in [6, 6.07) is 1.63. The Balaban J connectivity index is 1.40. The summed E-state index contributed by atoms with van der Waals surface area (Å²) < 4.78 is 32.4. The Morgan fingerprint density at radius 1 is 1.15 bits per heavy atom. The van der Waals surface area contributed by atoms with Crippen molar-refractivity contribution in [3.8, 4) is 0 Å². The van der Waals surface area contributed by atoms with Crippen molar-refractivity contribution in [2.75, 3.05) is 22.7 Å². The molecule has 10 heteroatoms. The summed E-state index contributed by atoms with van der Waals surface area (Å²) in [6.45, 7) is 5.62. The van der Waals surface area contributed by atoms with Gasteiger partial charge in [0.2, 0.25) is 0 Å². The lowest BCUT2D eigenvalue weighted by molar-refractivity contribution is 0.256. The highest BCUT2D eigenvalue weighted by molar-refractivity contribution is 7.91. The number of aryl methyl sites for hydroxylation is 3. The number of rotatable bonds is 6. The van der Waals surface area contributed by atoms with Gasteiger partial charge in [0.25, 0.3) is 0 Å². The highest BCUT2D eigenvalue weighted by Gasteiger charge is 2.38. The second kappa shape index (κ2) is 8.88. The van der Waals surface area contributed by atoms with Crippen LogP contribution in [0.3, 0.4) is 0 Å². The largest absolute Gasteiger partial charge is 0.334 e. The van der Waals surface area contributed by atoms with Gasteiger partial charge in [-0.1, -0.05) is 6.07 Å². The number of nitrogens with zero attached hydrogens (tertiary/aromatic N) is 4. The van der Waals surface area contributed by atoms with Crippen molar-refractivity contribution < 1.29 is 13.2 Å². The third-order valence-electron chi connectivity index (χ3n) is 7.39. The number of benzene rings is 1. The summed E-state index contributed by atoms with van der Waals surface area (Å²) in [6.07, 6.45) is 9.89. The average molecular weight is 487 g/mol. The third-order valence-corrected chi connectivity index (χ3v) is 8.86. The molecule has 1 fully saturated rings. The predicted molar refractivity (Wildman–Crippen MR) is 132 cm³/mol. The van der Waals surface area contributed by atoms with E-state index in [2.05, 4.69) is 40.0 Å². The van der Waals surface area contributed by atoms with Gasteiger partial charge >= 0.3 is 16.2 Å². The molecular formula is C24H34N6O3S. The monoisotopic (exact) mass is 486 g/mol.